The monoisotopic (exact) mass is 477 g/mol. The summed E-state index contributed by atoms with van der Waals surface area (Å²) in [4.78, 5) is 22.9. The minimum Gasteiger partial charge on any atom is -0.468 e. The Labute approximate surface area is 205 Å². The molecule has 0 aliphatic carbocycles. The Bertz CT molecular complexity index is 1290. The topological polar surface area (TPSA) is 91.8 Å². The minimum atomic E-state index is -0.404. The van der Waals surface area contributed by atoms with Gasteiger partial charge in [-0.15, -0.1) is 0 Å². The number of nitro groups is 1. The van der Waals surface area contributed by atoms with Gasteiger partial charge in [0.25, 0.3) is 11.6 Å². The summed E-state index contributed by atoms with van der Waals surface area (Å²) in [5.74, 6) is 0.746. The van der Waals surface area contributed by atoms with Crippen LogP contribution in [0.15, 0.2) is 74.0 Å². The zero-order chi connectivity index (χ0) is 25.7. The van der Waals surface area contributed by atoms with Crippen molar-refractivity contribution >= 4 is 11.8 Å². The van der Waals surface area contributed by atoms with Crippen molar-refractivity contribution in [3.63, 3.8) is 0 Å². The number of ether oxygens (including phenoxy) is 2. The first-order valence-electron chi connectivity index (χ1n) is 11.4. The highest BCUT2D eigenvalue weighted by molar-refractivity contribution is 5.57. The van der Waals surface area contributed by atoms with Crippen molar-refractivity contribution < 1.29 is 18.8 Å². The van der Waals surface area contributed by atoms with Crippen LogP contribution in [0.2, 0.25) is 0 Å². The van der Waals surface area contributed by atoms with Crippen molar-refractivity contribution in [2.24, 2.45) is 0 Å². The van der Waals surface area contributed by atoms with Crippen LogP contribution < -0.4 is 10.2 Å². The molecule has 0 spiro atoms. The van der Waals surface area contributed by atoms with Crippen molar-refractivity contribution in [2.75, 3.05) is 13.7 Å². The zero-order valence-corrected chi connectivity index (χ0v) is 21.0. The van der Waals surface area contributed by atoms with Gasteiger partial charge in [-0.05, 0) is 57.9 Å². The third-order valence-corrected chi connectivity index (χ3v) is 5.80. The van der Waals surface area contributed by atoms with Gasteiger partial charge < -0.3 is 13.9 Å². The number of hydrogen-bond acceptors (Lipinski definition) is 6. The molecular weight excluding hydrogens is 446 g/mol. The van der Waals surface area contributed by atoms with Crippen molar-refractivity contribution in [3.05, 3.63) is 108 Å². The summed E-state index contributed by atoms with van der Waals surface area (Å²) in [5, 5.41) is 10.8. The van der Waals surface area contributed by atoms with Gasteiger partial charge in [0.05, 0.1) is 24.2 Å². The maximum Gasteiger partial charge on any atom is 0.291 e. The molecule has 0 unspecified atom stereocenters. The summed E-state index contributed by atoms with van der Waals surface area (Å²) in [7, 11) is 1.48. The van der Waals surface area contributed by atoms with E-state index in [0.29, 0.717) is 29.9 Å². The van der Waals surface area contributed by atoms with Crippen LogP contribution in [0.5, 0.6) is 5.95 Å². The SMILES string of the molecule is COc1oc([C@H]2CC(=CC(C)=CC(C)=CC(C)=Cc3ccc([N+](=O)[O-])cc3)CO2)c(C)c(=O)c1C. The highest BCUT2D eigenvalue weighted by Crippen LogP contribution is 2.35. The van der Waals surface area contributed by atoms with E-state index in [4.69, 9.17) is 13.9 Å². The molecule has 0 bridgehead atoms. The highest BCUT2D eigenvalue weighted by Gasteiger charge is 2.28. The smallest absolute Gasteiger partial charge is 0.291 e. The molecule has 1 atom stereocenters. The average Bonchev–Trinajstić information content (AvgIpc) is 3.25. The standard InChI is InChI=1S/C28H31NO6/c1-17(11-18(2)13-22-7-9-24(10-8-22)29(31)32)12-19(3)14-23-15-25(34-16-23)27-20(4)26(30)21(5)28(33-6)35-27/h7-14,25H,15-16H2,1-6H3/t25-/m1/s1. The first-order valence-corrected chi connectivity index (χ1v) is 11.4. The third kappa shape index (κ3) is 6.45. The Hall–Kier alpha value is -3.71. The Morgan fingerprint density at radius 3 is 2.34 bits per heavy atom. The van der Waals surface area contributed by atoms with Crippen molar-refractivity contribution in [1.29, 1.82) is 0 Å². The van der Waals surface area contributed by atoms with Crippen LogP contribution in [-0.4, -0.2) is 18.6 Å². The van der Waals surface area contributed by atoms with Gasteiger partial charge in [0, 0.05) is 24.1 Å². The molecular formula is C28H31NO6. The van der Waals surface area contributed by atoms with Gasteiger partial charge in [-0.25, -0.2) is 0 Å². The minimum absolute atomic E-state index is 0.0788. The first-order chi connectivity index (χ1) is 16.6. The number of hydrogen-bond donors (Lipinski definition) is 0. The number of nitrogens with zero attached hydrogens (tertiary/aromatic N) is 1. The lowest BCUT2D eigenvalue weighted by molar-refractivity contribution is -0.384. The molecule has 0 N–H and O–H groups in total. The van der Waals surface area contributed by atoms with Crippen LogP contribution in [0, 0.1) is 24.0 Å². The van der Waals surface area contributed by atoms with Crippen LogP contribution in [0.1, 0.15) is 55.7 Å². The predicted molar refractivity (Wildman–Crippen MR) is 137 cm³/mol. The Kier molecular flexibility index (Phi) is 8.25. The van der Waals surface area contributed by atoms with E-state index in [1.54, 1.807) is 26.0 Å². The lowest BCUT2D eigenvalue weighted by Crippen LogP contribution is -2.15. The average molecular weight is 478 g/mol. The number of rotatable bonds is 7. The van der Waals surface area contributed by atoms with Crippen LogP contribution in [0.25, 0.3) is 6.08 Å². The van der Waals surface area contributed by atoms with Gasteiger partial charge >= 0.3 is 0 Å². The molecule has 1 saturated heterocycles. The van der Waals surface area contributed by atoms with Gasteiger partial charge in [-0.2, -0.15) is 0 Å². The van der Waals surface area contributed by atoms with E-state index < -0.39 is 4.92 Å². The molecule has 0 radical (unpaired) electrons. The van der Waals surface area contributed by atoms with E-state index in [0.717, 1.165) is 27.9 Å². The number of methoxy groups -OCH3 is 1. The molecule has 3 rings (SSSR count). The normalized spacial score (nSPS) is 18.3. The second-order valence-corrected chi connectivity index (χ2v) is 8.86. The molecule has 1 aliphatic rings. The summed E-state index contributed by atoms with van der Waals surface area (Å²) in [6.07, 6.45) is 8.56. The molecule has 1 aliphatic heterocycles. The summed E-state index contributed by atoms with van der Waals surface area (Å²) in [6, 6.07) is 6.48. The molecule has 0 saturated carbocycles. The van der Waals surface area contributed by atoms with E-state index in [-0.39, 0.29) is 23.2 Å². The number of non-ortho nitro benzene ring substituents is 1. The van der Waals surface area contributed by atoms with Crippen LogP contribution in [-0.2, 0) is 4.74 Å². The Balaban J connectivity index is 1.71. The summed E-state index contributed by atoms with van der Waals surface area (Å²) >= 11 is 0. The molecule has 35 heavy (non-hydrogen) atoms. The summed E-state index contributed by atoms with van der Waals surface area (Å²) in [6.45, 7) is 9.97. The van der Waals surface area contributed by atoms with Gasteiger partial charge in [0.1, 0.15) is 11.9 Å². The lowest BCUT2D eigenvalue weighted by Gasteiger charge is -2.13. The van der Waals surface area contributed by atoms with Crippen molar-refractivity contribution in [2.45, 2.75) is 47.1 Å². The Morgan fingerprint density at radius 2 is 1.71 bits per heavy atom. The number of benzene rings is 1. The van der Waals surface area contributed by atoms with Crippen molar-refractivity contribution in [3.8, 4) is 5.95 Å². The predicted octanol–water partition coefficient (Wildman–Crippen LogP) is 6.56. The third-order valence-electron chi connectivity index (χ3n) is 5.80. The first kappa shape index (κ1) is 25.9. The largest absolute Gasteiger partial charge is 0.468 e. The number of nitro benzene ring substituents is 1. The Morgan fingerprint density at radius 1 is 1.06 bits per heavy atom. The fourth-order valence-corrected chi connectivity index (χ4v) is 4.19. The molecule has 7 heteroatoms. The van der Waals surface area contributed by atoms with Crippen LogP contribution in [0.4, 0.5) is 5.69 Å². The highest BCUT2D eigenvalue weighted by atomic mass is 16.6. The van der Waals surface area contributed by atoms with Crippen molar-refractivity contribution in [1.82, 2.24) is 0 Å². The molecule has 1 aromatic heterocycles. The maximum atomic E-state index is 12.5. The fourth-order valence-electron chi connectivity index (χ4n) is 4.19. The maximum absolute atomic E-state index is 12.5. The van der Waals surface area contributed by atoms with Crippen LogP contribution in [0.3, 0.4) is 0 Å². The van der Waals surface area contributed by atoms with Gasteiger partial charge in [0.2, 0.25) is 0 Å². The van der Waals surface area contributed by atoms with Gasteiger partial charge in [-0.3, -0.25) is 14.9 Å². The number of allylic oxidation sites excluding steroid dienone is 6. The zero-order valence-electron chi connectivity index (χ0n) is 21.0. The summed E-state index contributed by atoms with van der Waals surface area (Å²) in [5.41, 5.74) is 6.23. The fraction of sp³-hybridized carbons (Fsp3) is 0.321. The molecule has 1 fully saturated rings. The summed E-state index contributed by atoms with van der Waals surface area (Å²) < 4.78 is 17.0. The molecule has 0 amide bonds. The van der Waals surface area contributed by atoms with E-state index >= 15 is 0 Å². The molecule has 2 aromatic rings. The van der Waals surface area contributed by atoms with E-state index in [1.807, 2.05) is 26.8 Å². The molecule has 1 aromatic carbocycles. The van der Waals surface area contributed by atoms with Gasteiger partial charge in [0.15, 0.2) is 5.43 Å². The molecule has 7 nitrogen and oxygen atoms in total. The second-order valence-electron chi connectivity index (χ2n) is 8.86. The van der Waals surface area contributed by atoms with Crippen LogP contribution >= 0.6 is 0 Å². The second kappa shape index (κ2) is 11.1. The molecule has 2 heterocycles. The molecule has 184 valence electrons. The van der Waals surface area contributed by atoms with E-state index in [2.05, 4.69) is 18.2 Å². The lowest BCUT2D eigenvalue weighted by atomic mass is 10.0. The van der Waals surface area contributed by atoms with Gasteiger partial charge in [-0.1, -0.05) is 41.0 Å². The quantitative estimate of drug-likeness (QED) is 0.255. The van der Waals surface area contributed by atoms with E-state index in [1.165, 1.54) is 19.2 Å². The van der Waals surface area contributed by atoms with E-state index in [9.17, 15) is 14.9 Å².